The Morgan fingerprint density at radius 3 is 2.35 bits per heavy atom. The summed E-state index contributed by atoms with van der Waals surface area (Å²) in [6, 6.07) is 10.8. The fraction of sp³-hybridized carbons (Fsp3) is 0.188. The molecule has 0 heterocycles. The van der Waals surface area contributed by atoms with E-state index in [1.165, 1.54) is 23.3 Å². The largest absolute Gasteiger partial charge is 0.489 e. The van der Waals surface area contributed by atoms with Gasteiger partial charge in [0.1, 0.15) is 12.4 Å². The minimum absolute atomic E-state index is 0.0868. The predicted octanol–water partition coefficient (Wildman–Crippen LogP) is 3.16. The van der Waals surface area contributed by atoms with Crippen LogP contribution in [-0.2, 0) is 6.61 Å². The Hall–Kier alpha value is -2.49. The predicted molar refractivity (Wildman–Crippen MR) is 78.1 cm³/mol. The van der Waals surface area contributed by atoms with E-state index < -0.39 is 5.97 Å². The Balaban J connectivity index is 2.11. The van der Waals surface area contributed by atoms with Crippen LogP contribution < -0.4 is 10.5 Å². The molecule has 2 aromatic carbocycles. The molecule has 0 atom stereocenters. The number of aryl methyl sites for hydroxylation is 2. The highest BCUT2D eigenvalue weighted by Gasteiger charge is 2.08. The molecule has 0 radical (unpaired) electrons. The van der Waals surface area contributed by atoms with E-state index >= 15 is 0 Å². The molecule has 104 valence electrons. The summed E-state index contributed by atoms with van der Waals surface area (Å²) in [6.07, 6.45) is 0. The van der Waals surface area contributed by atoms with Gasteiger partial charge in [0.25, 0.3) is 0 Å². The third-order valence-corrected chi connectivity index (χ3v) is 2.94. The lowest BCUT2D eigenvalue weighted by Crippen LogP contribution is -2.03. The molecule has 0 aliphatic carbocycles. The lowest BCUT2D eigenvalue weighted by atomic mass is 10.1. The highest BCUT2D eigenvalue weighted by Crippen LogP contribution is 2.21. The molecule has 0 spiro atoms. The topological polar surface area (TPSA) is 72.5 Å². The van der Waals surface area contributed by atoms with Crippen molar-refractivity contribution < 1.29 is 14.6 Å². The monoisotopic (exact) mass is 271 g/mol. The van der Waals surface area contributed by atoms with Crippen LogP contribution in [0, 0.1) is 13.8 Å². The number of nitrogens with two attached hydrogens (primary N) is 1. The SMILES string of the molecule is Cc1cc(C)cc(COc2ccc(C(=O)O)c(N)c2)c1. The first-order valence-electron chi connectivity index (χ1n) is 6.28. The highest BCUT2D eigenvalue weighted by atomic mass is 16.5. The summed E-state index contributed by atoms with van der Waals surface area (Å²) in [4.78, 5) is 10.9. The zero-order chi connectivity index (χ0) is 14.7. The molecule has 0 bridgehead atoms. The number of rotatable bonds is 4. The van der Waals surface area contributed by atoms with E-state index in [9.17, 15) is 4.79 Å². The minimum Gasteiger partial charge on any atom is -0.489 e. The average Bonchev–Trinajstić information content (AvgIpc) is 2.35. The molecule has 0 aliphatic rings. The standard InChI is InChI=1S/C16H17NO3/c1-10-5-11(2)7-12(6-10)9-20-13-3-4-14(16(18)19)15(17)8-13/h3-8H,9,17H2,1-2H3,(H,18,19). The molecule has 0 saturated heterocycles. The van der Waals surface area contributed by atoms with Gasteiger partial charge in [-0.3, -0.25) is 0 Å². The molecule has 2 rings (SSSR count). The van der Waals surface area contributed by atoms with Gasteiger partial charge >= 0.3 is 5.97 Å². The molecule has 3 N–H and O–H groups in total. The van der Waals surface area contributed by atoms with Crippen molar-refractivity contribution in [2.75, 3.05) is 5.73 Å². The van der Waals surface area contributed by atoms with E-state index in [1.807, 2.05) is 13.8 Å². The number of carboxylic acid groups (broad SMARTS) is 1. The zero-order valence-electron chi connectivity index (χ0n) is 11.5. The molecule has 0 aromatic heterocycles. The van der Waals surface area contributed by atoms with E-state index in [4.69, 9.17) is 15.6 Å². The van der Waals surface area contributed by atoms with Crippen molar-refractivity contribution in [1.29, 1.82) is 0 Å². The van der Waals surface area contributed by atoms with Gasteiger partial charge in [-0.05, 0) is 31.5 Å². The molecular formula is C16H17NO3. The number of hydrogen-bond donors (Lipinski definition) is 2. The Morgan fingerprint density at radius 2 is 1.80 bits per heavy atom. The van der Waals surface area contributed by atoms with Gasteiger partial charge in [0.05, 0.1) is 5.56 Å². The number of hydrogen-bond acceptors (Lipinski definition) is 3. The van der Waals surface area contributed by atoms with Gasteiger partial charge < -0.3 is 15.6 Å². The van der Waals surface area contributed by atoms with E-state index in [-0.39, 0.29) is 11.3 Å². The van der Waals surface area contributed by atoms with Crippen LogP contribution in [0.3, 0.4) is 0 Å². The third kappa shape index (κ3) is 3.29. The summed E-state index contributed by atoms with van der Waals surface area (Å²) < 4.78 is 5.64. The van der Waals surface area contributed by atoms with Crippen molar-refractivity contribution in [2.45, 2.75) is 20.5 Å². The molecule has 20 heavy (non-hydrogen) atoms. The van der Waals surface area contributed by atoms with Crippen LogP contribution in [0.1, 0.15) is 27.0 Å². The van der Waals surface area contributed by atoms with Crippen LogP contribution in [0.4, 0.5) is 5.69 Å². The lowest BCUT2D eigenvalue weighted by molar-refractivity contribution is 0.0698. The first kappa shape index (κ1) is 13.9. The van der Waals surface area contributed by atoms with Gasteiger partial charge in [-0.15, -0.1) is 0 Å². The molecule has 0 fully saturated rings. The fourth-order valence-electron chi connectivity index (χ4n) is 2.14. The van der Waals surface area contributed by atoms with Crippen LogP contribution in [-0.4, -0.2) is 11.1 Å². The van der Waals surface area contributed by atoms with E-state index in [1.54, 1.807) is 6.07 Å². The number of nitrogen functional groups attached to an aromatic ring is 1. The summed E-state index contributed by atoms with van der Waals surface area (Å²) in [6.45, 7) is 4.50. The maximum Gasteiger partial charge on any atom is 0.337 e. The number of benzene rings is 2. The fourth-order valence-corrected chi connectivity index (χ4v) is 2.14. The second-order valence-electron chi connectivity index (χ2n) is 4.84. The van der Waals surface area contributed by atoms with Crippen molar-refractivity contribution in [1.82, 2.24) is 0 Å². The quantitative estimate of drug-likeness (QED) is 0.838. The average molecular weight is 271 g/mol. The summed E-state index contributed by atoms with van der Waals surface area (Å²) in [5.74, 6) is -0.477. The van der Waals surface area contributed by atoms with Crippen molar-refractivity contribution in [3.63, 3.8) is 0 Å². The first-order valence-corrected chi connectivity index (χ1v) is 6.28. The van der Waals surface area contributed by atoms with Crippen LogP contribution in [0.5, 0.6) is 5.75 Å². The Morgan fingerprint density at radius 1 is 1.15 bits per heavy atom. The van der Waals surface area contributed by atoms with Gasteiger partial charge in [0.2, 0.25) is 0 Å². The summed E-state index contributed by atoms with van der Waals surface area (Å²) >= 11 is 0. The van der Waals surface area contributed by atoms with Crippen LogP contribution in [0.25, 0.3) is 0 Å². The van der Waals surface area contributed by atoms with Gasteiger partial charge in [-0.1, -0.05) is 29.3 Å². The molecule has 2 aromatic rings. The molecule has 4 heteroatoms. The van der Waals surface area contributed by atoms with E-state index in [0.717, 1.165) is 5.56 Å². The normalized spacial score (nSPS) is 10.3. The van der Waals surface area contributed by atoms with E-state index in [0.29, 0.717) is 12.4 Å². The van der Waals surface area contributed by atoms with Crippen molar-refractivity contribution in [3.8, 4) is 5.75 Å². The van der Waals surface area contributed by atoms with Crippen molar-refractivity contribution in [3.05, 3.63) is 58.7 Å². The smallest absolute Gasteiger partial charge is 0.337 e. The summed E-state index contributed by atoms with van der Waals surface area (Å²) in [5.41, 5.74) is 9.41. The van der Waals surface area contributed by atoms with Crippen LogP contribution >= 0.6 is 0 Å². The number of carbonyl (C=O) groups is 1. The Bertz CT molecular complexity index is 630. The summed E-state index contributed by atoms with van der Waals surface area (Å²) in [5, 5.41) is 8.90. The summed E-state index contributed by atoms with van der Waals surface area (Å²) in [7, 11) is 0. The second kappa shape index (κ2) is 5.65. The van der Waals surface area contributed by atoms with Crippen molar-refractivity contribution >= 4 is 11.7 Å². The maximum atomic E-state index is 10.9. The van der Waals surface area contributed by atoms with Crippen LogP contribution in [0.15, 0.2) is 36.4 Å². The number of aromatic carboxylic acids is 1. The van der Waals surface area contributed by atoms with Gasteiger partial charge in [-0.25, -0.2) is 4.79 Å². The highest BCUT2D eigenvalue weighted by molar-refractivity contribution is 5.93. The van der Waals surface area contributed by atoms with Crippen molar-refractivity contribution in [2.24, 2.45) is 0 Å². The zero-order valence-corrected chi connectivity index (χ0v) is 11.5. The second-order valence-corrected chi connectivity index (χ2v) is 4.84. The third-order valence-electron chi connectivity index (χ3n) is 2.94. The number of anilines is 1. The maximum absolute atomic E-state index is 10.9. The van der Waals surface area contributed by atoms with Gasteiger partial charge in [-0.2, -0.15) is 0 Å². The number of carboxylic acids is 1. The van der Waals surface area contributed by atoms with Crippen LogP contribution in [0.2, 0.25) is 0 Å². The molecule has 0 saturated carbocycles. The molecule has 0 amide bonds. The Labute approximate surface area is 117 Å². The Kier molecular flexibility index (Phi) is 3.94. The molecule has 0 aliphatic heterocycles. The van der Waals surface area contributed by atoms with Gasteiger partial charge in [0.15, 0.2) is 0 Å². The molecule has 0 unspecified atom stereocenters. The van der Waals surface area contributed by atoms with Gasteiger partial charge in [0, 0.05) is 11.8 Å². The minimum atomic E-state index is -1.04. The van der Waals surface area contributed by atoms with E-state index in [2.05, 4.69) is 18.2 Å². The number of ether oxygens (including phenoxy) is 1. The molecule has 4 nitrogen and oxygen atoms in total. The first-order chi connectivity index (χ1) is 9.45. The lowest BCUT2D eigenvalue weighted by Gasteiger charge is -2.09. The molecular weight excluding hydrogens is 254 g/mol.